The van der Waals surface area contributed by atoms with E-state index in [0.717, 1.165) is 39.0 Å². The van der Waals surface area contributed by atoms with Crippen LogP contribution in [0.5, 0.6) is 0 Å². The lowest BCUT2D eigenvalue weighted by atomic mass is 9.84. The van der Waals surface area contributed by atoms with Crippen LogP contribution in [0.3, 0.4) is 0 Å². The number of morpholine rings is 1. The molecule has 4 aliphatic rings. The topological polar surface area (TPSA) is 166 Å². The van der Waals surface area contributed by atoms with E-state index in [1.807, 2.05) is 52.1 Å². The second-order valence-corrected chi connectivity index (χ2v) is 19.0. The number of fused-ring (bicyclic) bond motifs is 6. The van der Waals surface area contributed by atoms with Crippen LogP contribution in [0, 0.1) is 23.2 Å². The SMILES string of the molecule is C=C/C(=C(\N=CC)[C@H](C)OC)c1c2c3cc(ccc3n1CC)-c1csc(n1)[C@@H](OCC)[C@H](NC(=O)[C@@H]1[C@@H](C)[C@H]1C(=O)N1CCOC[C@@H]1C)C(=O)N1CCC[C@H](N1)C(=O)OCC(C)(C)C2. The van der Waals surface area contributed by atoms with Gasteiger partial charge in [0.1, 0.15) is 23.2 Å². The van der Waals surface area contributed by atoms with Gasteiger partial charge in [0.25, 0.3) is 5.91 Å². The van der Waals surface area contributed by atoms with Crippen molar-refractivity contribution in [2.75, 3.05) is 46.6 Å². The molecule has 3 aromatic rings. The van der Waals surface area contributed by atoms with E-state index in [2.05, 4.69) is 54.8 Å². The Bertz CT molecular complexity index is 2320. The van der Waals surface area contributed by atoms with Crippen LogP contribution in [0.1, 0.15) is 90.6 Å². The summed E-state index contributed by atoms with van der Waals surface area (Å²) in [5.74, 6) is -2.79. The molecule has 5 heterocycles. The van der Waals surface area contributed by atoms with Crippen molar-refractivity contribution in [3.8, 4) is 11.3 Å². The second kappa shape index (κ2) is 19.8. The number of nitrogens with one attached hydrogen (secondary N) is 2. The van der Waals surface area contributed by atoms with E-state index in [-0.39, 0.29) is 37.2 Å². The summed E-state index contributed by atoms with van der Waals surface area (Å²) in [7, 11) is 1.67. The Morgan fingerprint density at radius 3 is 2.66 bits per heavy atom. The number of thiazole rings is 1. The Hall–Kier alpha value is -4.74. The highest BCUT2D eigenvalue weighted by Gasteiger charge is 2.58. The first-order valence-corrected chi connectivity index (χ1v) is 23.6. The zero-order chi connectivity index (χ0) is 46.0. The van der Waals surface area contributed by atoms with Gasteiger partial charge in [-0.1, -0.05) is 39.5 Å². The Labute approximate surface area is 380 Å². The van der Waals surface area contributed by atoms with E-state index in [9.17, 15) is 19.2 Å². The van der Waals surface area contributed by atoms with Crippen molar-refractivity contribution >= 4 is 57.7 Å². The number of aromatic nitrogens is 2. The summed E-state index contributed by atoms with van der Waals surface area (Å²) in [5.41, 5.74) is 8.79. The first-order chi connectivity index (χ1) is 30.7. The highest BCUT2D eigenvalue weighted by molar-refractivity contribution is 7.10. The van der Waals surface area contributed by atoms with Crippen molar-refractivity contribution < 1.29 is 38.1 Å². The van der Waals surface area contributed by atoms with Crippen molar-refractivity contribution in [3.05, 3.63) is 58.2 Å². The molecule has 64 heavy (non-hydrogen) atoms. The van der Waals surface area contributed by atoms with Crippen molar-refractivity contribution in [3.63, 3.8) is 0 Å². The van der Waals surface area contributed by atoms with Crippen LogP contribution in [-0.2, 0) is 51.1 Å². The lowest BCUT2D eigenvalue weighted by molar-refractivity contribution is -0.156. The van der Waals surface area contributed by atoms with E-state index in [4.69, 9.17) is 28.9 Å². The number of carbonyl (C=O) groups is 4. The number of allylic oxidation sites excluding steroid dienone is 2. The highest BCUT2D eigenvalue weighted by Crippen LogP contribution is 2.48. The van der Waals surface area contributed by atoms with Crippen molar-refractivity contribution in [2.24, 2.45) is 28.2 Å². The summed E-state index contributed by atoms with van der Waals surface area (Å²) in [5, 5.41) is 7.92. The van der Waals surface area contributed by atoms with Crippen LogP contribution >= 0.6 is 11.3 Å². The molecule has 3 aliphatic heterocycles. The minimum Gasteiger partial charge on any atom is -0.464 e. The van der Waals surface area contributed by atoms with Gasteiger partial charge in [0.2, 0.25) is 11.8 Å². The number of aliphatic imine (C=N–C) groups is 1. The smallest absolute Gasteiger partial charge is 0.324 e. The number of hydrazine groups is 1. The molecule has 1 saturated carbocycles. The maximum Gasteiger partial charge on any atom is 0.324 e. The lowest BCUT2D eigenvalue weighted by Crippen LogP contribution is -2.61. The monoisotopic (exact) mass is 899 g/mol. The molecule has 1 aliphatic carbocycles. The van der Waals surface area contributed by atoms with E-state index in [1.165, 1.54) is 16.3 Å². The van der Waals surface area contributed by atoms with Crippen molar-refractivity contribution in [2.45, 2.75) is 112 Å². The molecule has 15 nitrogen and oxygen atoms in total. The van der Waals surface area contributed by atoms with Crippen LogP contribution < -0.4 is 10.7 Å². The molecule has 0 unspecified atom stereocenters. The molecule has 7 rings (SSSR count). The molecule has 3 amide bonds. The molecule has 0 spiro atoms. The normalized spacial score (nSPS) is 27.2. The Morgan fingerprint density at radius 1 is 1.19 bits per heavy atom. The summed E-state index contributed by atoms with van der Waals surface area (Å²) >= 11 is 1.35. The van der Waals surface area contributed by atoms with Gasteiger partial charge in [-0.15, -0.1) is 11.3 Å². The first-order valence-electron chi connectivity index (χ1n) is 22.7. The fourth-order valence-corrected chi connectivity index (χ4v) is 10.5. The maximum atomic E-state index is 14.8. The summed E-state index contributed by atoms with van der Waals surface area (Å²) in [6.45, 7) is 22.7. The largest absolute Gasteiger partial charge is 0.464 e. The van der Waals surface area contributed by atoms with Crippen LogP contribution in [0.2, 0.25) is 0 Å². The van der Waals surface area contributed by atoms with Crippen LogP contribution in [0.15, 0.2) is 46.9 Å². The quantitative estimate of drug-likeness (QED) is 0.130. The summed E-state index contributed by atoms with van der Waals surface area (Å²) < 4.78 is 26.2. The number of esters is 1. The lowest BCUT2D eigenvalue weighted by Gasteiger charge is -2.37. The Morgan fingerprint density at radius 2 is 1.97 bits per heavy atom. The summed E-state index contributed by atoms with van der Waals surface area (Å²) in [6, 6.07) is 4.17. The number of aryl methyl sites for hydroxylation is 1. The molecule has 0 radical (unpaired) electrons. The minimum atomic E-state index is -1.23. The van der Waals surface area contributed by atoms with E-state index < -0.39 is 53.2 Å². The van der Waals surface area contributed by atoms with E-state index >= 15 is 0 Å². The minimum absolute atomic E-state index is 0.0784. The number of methoxy groups -OCH3 is 1. The number of ether oxygens (including phenoxy) is 4. The van der Waals surface area contributed by atoms with Gasteiger partial charge in [-0.05, 0) is 77.5 Å². The van der Waals surface area contributed by atoms with Gasteiger partial charge in [0.15, 0.2) is 0 Å². The molecular formula is C48H65N7O8S. The number of rotatable bonds is 11. The number of hydrogen-bond donors (Lipinski definition) is 2. The second-order valence-electron chi connectivity index (χ2n) is 18.1. The summed E-state index contributed by atoms with van der Waals surface area (Å²) in [6.07, 6.45) is 3.82. The molecule has 346 valence electrons. The zero-order valence-electron chi connectivity index (χ0n) is 38.8. The van der Waals surface area contributed by atoms with Gasteiger partial charge in [-0.2, -0.15) is 0 Å². The van der Waals surface area contributed by atoms with Gasteiger partial charge in [-0.25, -0.2) is 10.4 Å². The predicted molar refractivity (Wildman–Crippen MR) is 247 cm³/mol. The molecule has 16 heteroatoms. The number of cyclic esters (lactones) is 1. The van der Waals surface area contributed by atoms with E-state index in [1.54, 1.807) is 18.2 Å². The van der Waals surface area contributed by atoms with Gasteiger partial charge >= 0.3 is 5.97 Å². The maximum absolute atomic E-state index is 14.8. The standard InChI is InChI=1S/C48H65N7O8S/c1-11-31(39(49-12-2)29(7)60-10)41-33-23-48(8,9)26-63-47(59)34-16-15-19-55(52-34)46(58)40(51-43(56)37-28(6)38(37)45(57)54-20-21-61-24-27(54)5)42(62-14-4)44-50-35(25-64-44)30-17-18-36(32(33)22-30)53(41)13-3/h11-12,17-18,22,25,27-29,34,37-38,40,42,52H,1,13-16,19-21,23-24,26H2,2-10H3,(H,51,56)/b39-31+,49-12?/t27-,28+,29-,34-,37+,38+,40-,42-/m0/s1. The van der Waals surface area contributed by atoms with Gasteiger partial charge in [0.05, 0.1) is 60.9 Å². The summed E-state index contributed by atoms with van der Waals surface area (Å²) in [4.78, 5) is 68.6. The van der Waals surface area contributed by atoms with Crippen molar-refractivity contribution in [1.29, 1.82) is 0 Å². The number of nitrogens with zero attached hydrogens (tertiary/aromatic N) is 5. The average Bonchev–Trinajstić information content (AvgIpc) is 3.57. The third kappa shape index (κ3) is 9.35. The number of hydrogen-bond acceptors (Lipinski definition) is 12. The molecule has 2 N–H and O–H groups in total. The first kappa shape index (κ1) is 47.2. The predicted octanol–water partition coefficient (Wildman–Crippen LogP) is 6.12. The van der Waals surface area contributed by atoms with Crippen molar-refractivity contribution in [1.82, 2.24) is 30.2 Å². The number of benzene rings is 1. The third-order valence-corrected chi connectivity index (χ3v) is 14.0. The molecule has 2 aromatic heterocycles. The van der Waals surface area contributed by atoms with E-state index in [0.29, 0.717) is 62.8 Å². The van der Waals surface area contributed by atoms with Gasteiger partial charge in [-0.3, -0.25) is 29.2 Å². The average molecular weight is 900 g/mol. The fraction of sp³-hybridized carbons (Fsp3) is 0.583. The molecule has 8 atom stereocenters. The van der Waals surface area contributed by atoms with Crippen LogP contribution in [0.4, 0.5) is 0 Å². The van der Waals surface area contributed by atoms with Crippen LogP contribution in [0.25, 0.3) is 27.7 Å². The highest BCUT2D eigenvalue weighted by atomic mass is 32.1. The molecule has 1 aromatic carbocycles. The Kier molecular flexibility index (Phi) is 14.6. The Balaban J connectivity index is 1.34. The molecule has 3 fully saturated rings. The number of amides is 3. The third-order valence-electron chi connectivity index (χ3n) is 13.1. The zero-order valence-corrected chi connectivity index (χ0v) is 39.6. The fourth-order valence-electron chi connectivity index (χ4n) is 9.59. The molecule has 2 saturated heterocycles. The van der Waals surface area contributed by atoms with Gasteiger partial charge in [0, 0.05) is 72.4 Å². The molecule has 6 bridgehead atoms. The number of carbonyl (C=O) groups excluding carboxylic acids is 4. The van der Waals surface area contributed by atoms with Crippen LogP contribution in [-0.4, -0.2) is 120 Å². The van der Waals surface area contributed by atoms with Gasteiger partial charge < -0.3 is 33.7 Å². The molecular weight excluding hydrogens is 835 g/mol.